The van der Waals surface area contributed by atoms with Crippen LogP contribution in [0.4, 0.5) is 17.1 Å². The number of benzene rings is 2. The minimum absolute atomic E-state index is 0.447. The van der Waals surface area contributed by atoms with Crippen LogP contribution >= 0.6 is 11.3 Å². The largest absolute Gasteiger partial charge is 0.497 e. The van der Waals surface area contributed by atoms with E-state index in [0.717, 1.165) is 6.54 Å². The van der Waals surface area contributed by atoms with Crippen molar-refractivity contribution in [1.29, 1.82) is 0 Å². The molecule has 3 aromatic rings. The third-order valence-corrected chi connectivity index (χ3v) is 6.60. The monoisotopic (exact) mass is 486 g/mol. The number of likely N-dealkylation sites (N-methyl/N-ethyl adjacent to an activating group) is 1. The number of hydrogen-bond acceptors (Lipinski definition) is 9. The number of hydrogen-bond donors (Lipinski definition) is 1. The molecule has 0 aliphatic carbocycles. The van der Waals surface area contributed by atoms with Crippen LogP contribution in [-0.2, 0) is 6.42 Å². The summed E-state index contributed by atoms with van der Waals surface area (Å²) in [4.78, 5) is 30.2. The van der Waals surface area contributed by atoms with Crippen LogP contribution in [0, 0.1) is 30.3 Å². The van der Waals surface area contributed by atoms with Crippen LogP contribution in [0.1, 0.15) is 18.9 Å². The van der Waals surface area contributed by atoms with Crippen molar-refractivity contribution >= 4 is 38.5 Å². The van der Waals surface area contributed by atoms with E-state index in [4.69, 9.17) is 5.11 Å². The van der Waals surface area contributed by atoms with E-state index in [9.17, 15) is 30.3 Å². The molecule has 12 heteroatoms. The summed E-state index contributed by atoms with van der Waals surface area (Å²) in [6, 6.07) is 10.3. The Bertz CT molecular complexity index is 1250. The van der Waals surface area contributed by atoms with E-state index < -0.39 is 37.6 Å². The number of phenols is 1. The molecule has 0 radical (unpaired) electrons. The Labute approximate surface area is 198 Å². The molecule has 11 nitrogen and oxygen atoms in total. The molecule has 1 aliphatic rings. The summed E-state index contributed by atoms with van der Waals surface area (Å²) in [6.07, 6.45) is 4.73. The van der Waals surface area contributed by atoms with Gasteiger partial charge in [0.25, 0.3) is 11.4 Å². The standard InChI is InChI=1S/C16H19NS.C6H3N3O7/c1-12-7-8-17(2)14(9-12)10-13-11-18-16-6-4-3-5-15(13)16;10-6-4(8(13)14)1-3(7(11)12)2-5(6)9(15)16/h3-7,11,14H,8-10H2,1-2H3;1-2,10H. The Morgan fingerprint density at radius 2 is 1.68 bits per heavy atom. The van der Waals surface area contributed by atoms with Gasteiger partial charge in [0.2, 0.25) is 0 Å². The van der Waals surface area contributed by atoms with Crippen LogP contribution in [0.3, 0.4) is 0 Å². The summed E-state index contributed by atoms with van der Waals surface area (Å²) in [7, 11) is 2.24. The molecule has 1 atom stereocenters. The molecule has 1 N–H and O–H groups in total. The number of nitro groups is 3. The molecular formula is C22H22N4O7S. The van der Waals surface area contributed by atoms with Crippen molar-refractivity contribution in [3.8, 4) is 5.75 Å². The minimum atomic E-state index is -1.21. The van der Waals surface area contributed by atoms with Crippen molar-refractivity contribution < 1.29 is 19.9 Å². The lowest BCUT2D eigenvalue weighted by atomic mass is 9.95. The van der Waals surface area contributed by atoms with Crippen molar-refractivity contribution in [3.63, 3.8) is 0 Å². The van der Waals surface area contributed by atoms with Crippen molar-refractivity contribution in [2.24, 2.45) is 0 Å². The van der Waals surface area contributed by atoms with E-state index >= 15 is 0 Å². The highest BCUT2D eigenvalue weighted by Crippen LogP contribution is 2.39. The lowest BCUT2D eigenvalue weighted by Crippen LogP contribution is -2.36. The third-order valence-electron chi connectivity index (χ3n) is 5.58. The fourth-order valence-electron chi connectivity index (χ4n) is 3.71. The summed E-state index contributed by atoms with van der Waals surface area (Å²) < 4.78 is 1.42. The van der Waals surface area contributed by atoms with E-state index in [-0.39, 0.29) is 0 Å². The topological polar surface area (TPSA) is 153 Å². The van der Waals surface area contributed by atoms with Gasteiger partial charge in [0, 0.05) is 17.3 Å². The van der Waals surface area contributed by atoms with Crippen molar-refractivity contribution in [3.05, 3.63) is 89.3 Å². The van der Waals surface area contributed by atoms with Crippen molar-refractivity contribution in [1.82, 2.24) is 4.90 Å². The Morgan fingerprint density at radius 1 is 1.06 bits per heavy atom. The summed E-state index contributed by atoms with van der Waals surface area (Å²) in [5.41, 5.74) is 0.0535. The maximum absolute atomic E-state index is 10.4. The molecule has 0 amide bonds. The Kier molecular flexibility index (Phi) is 7.54. The molecule has 0 saturated heterocycles. The quantitative estimate of drug-likeness (QED) is 0.293. The average molecular weight is 487 g/mol. The van der Waals surface area contributed by atoms with E-state index in [1.165, 1.54) is 34.1 Å². The fourth-order valence-corrected chi connectivity index (χ4v) is 4.68. The van der Waals surface area contributed by atoms with Crippen LogP contribution in [0.5, 0.6) is 5.75 Å². The molecule has 0 bridgehead atoms. The van der Waals surface area contributed by atoms with Gasteiger partial charge in [-0.2, -0.15) is 0 Å². The van der Waals surface area contributed by atoms with Crippen LogP contribution in [-0.4, -0.2) is 44.4 Å². The number of rotatable bonds is 5. The molecule has 178 valence electrons. The highest BCUT2D eigenvalue weighted by Gasteiger charge is 2.30. The molecule has 34 heavy (non-hydrogen) atoms. The first-order valence-corrected chi connectivity index (χ1v) is 11.1. The number of nitro benzene ring substituents is 3. The number of aromatic hydroxyl groups is 1. The molecule has 1 unspecified atom stereocenters. The molecule has 4 rings (SSSR count). The van der Waals surface area contributed by atoms with Gasteiger partial charge in [-0.1, -0.05) is 29.8 Å². The molecule has 2 aromatic carbocycles. The maximum atomic E-state index is 10.4. The SMILES string of the molecule is CC1=CCN(C)C(Cc2csc3ccccc23)C1.O=[N+]([O-])c1cc([N+](=O)[O-])c(O)c([N+](=O)[O-])c1. The highest BCUT2D eigenvalue weighted by molar-refractivity contribution is 7.17. The van der Waals surface area contributed by atoms with Gasteiger partial charge in [0.1, 0.15) is 0 Å². The average Bonchev–Trinajstić information content (AvgIpc) is 3.19. The van der Waals surface area contributed by atoms with Crippen LogP contribution in [0.2, 0.25) is 0 Å². The van der Waals surface area contributed by atoms with E-state index in [1.807, 2.05) is 11.3 Å². The summed E-state index contributed by atoms with van der Waals surface area (Å²) >= 11 is 1.87. The molecule has 0 fully saturated rings. The van der Waals surface area contributed by atoms with Gasteiger partial charge >= 0.3 is 11.4 Å². The van der Waals surface area contributed by atoms with Gasteiger partial charge in [-0.15, -0.1) is 11.3 Å². The second-order valence-electron chi connectivity index (χ2n) is 7.91. The molecule has 0 saturated carbocycles. The molecular weight excluding hydrogens is 464 g/mol. The number of non-ortho nitro benzene ring substituents is 1. The Balaban J connectivity index is 0.000000192. The van der Waals surface area contributed by atoms with Crippen molar-refractivity contribution in [2.45, 2.75) is 25.8 Å². The fraction of sp³-hybridized carbons (Fsp3) is 0.273. The van der Waals surface area contributed by atoms with Gasteiger partial charge < -0.3 is 5.11 Å². The van der Waals surface area contributed by atoms with Gasteiger partial charge in [-0.25, -0.2) is 0 Å². The van der Waals surface area contributed by atoms with E-state index in [2.05, 4.69) is 54.6 Å². The first-order chi connectivity index (χ1) is 16.1. The zero-order valence-corrected chi connectivity index (χ0v) is 19.2. The molecule has 2 heterocycles. The van der Waals surface area contributed by atoms with E-state index in [0.29, 0.717) is 18.2 Å². The summed E-state index contributed by atoms with van der Waals surface area (Å²) in [5.74, 6) is -1.21. The predicted octanol–water partition coefficient (Wildman–Crippen LogP) is 5.21. The Hall–Kier alpha value is -3.90. The van der Waals surface area contributed by atoms with Gasteiger partial charge in [-0.3, -0.25) is 35.2 Å². The number of fused-ring (bicyclic) bond motifs is 1. The van der Waals surface area contributed by atoms with Gasteiger partial charge in [0.05, 0.1) is 26.9 Å². The Morgan fingerprint density at radius 3 is 2.26 bits per heavy atom. The number of phenolic OH excluding ortho intramolecular Hbond substituents is 1. The van der Waals surface area contributed by atoms with Crippen LogP contribution in [0.15, 0.2) is 53.4 Å². The first-order valence-electron chi connectivity index (χ1n) is 10.2. The van der Waals surface area contributed by atoms with Crippen LogP contribution < -0.4 is 0 Å². The minimum Gasteiger partial charge on any atom is -0.497 e. The van der Waals surface area contributed by atoms with Crippen molar-refractivity contribution in [2.75, 3.05) is 13.6 Å². The second kappa shape index (κ2) is 10.4. The molecule has 0 spiro atoms. The van der Waals surface area contributed by atoms with Gasteiger partial charge in [0.15, 0.2) is 0 Å². The lowest BCUT2D eigenvalue weighted by molar-refractivity contribution is -0.404. The first kappa shape index (κ1) is 24.7. The summed E-state index contributed by atoms with van der Waals surface area (Å²) in [6.45, 7) is 3.35. The highest BCUT2D eigenvalue weighted by atomic mass is 32.1. The molecule has 1 aliphatic heterocycles. The zero-order valence-electron chi connectivity index (χ0n) is 18.4. The van der Waals surface area contributed by atoms with Gasteiger partial charge in [-0.05, 0) is 49.2 Å². The second-order valence-corrected chi connectivity index (χ2v) is 8.82. The van der Waals surface area contributed by atoms with Crippen LogP contribution in [0.25, 0.3) is 10.1 Å². The number of nitrogens with zero attached hydrogens (tertiary/aromatic N) is 4. The summed E-state index contributed by atoms with van der Waals surface area (Å²) in [5, 5.41) is 44.0. The normalized spacial score (nSPS) is 15.8. The molecule has 1 aromatic heterocycles. The zero-order chi connectivity index (χ0) is 25.0. The lowest BCUT2D eigenvalue weighted by Gasteiger charge is -2.31. The maximum Gasteiger partial charge on any atom is 0.324 e. The van der Waals surface area contributed by atoms with E-state index in [1.54, 1.807) is 0 Å². The smallest absolute Gasteiger partial charge is 0.324 e. The predicted molar refractivity (Wildman–Crippen MR) is 128 cm³/mol. The number of thiophene rings is 1. The third kappa shape index (κ3) is 5.53.